The predicted molar refractivity (Wildman–Crippen MR) is 130 cm³/mol. The number of aromatic nitrogens is 2. The topological polar surface area (TPSA) is 88.4 Å². The van der Waals surface area contributed by atoms with E-state index in [1.807, 2.05) is 41.2 Å². The molecule has 0 atom stereocenters. The average molecular weight is 539 g/mol. The average Bonchev–Trinajstić information content (AvgIpc) is 3.25. The van der Waals surface area contributed by atoms with Gasteiger partial charge in [-0.15, -0.1) is 24.0 Å². The van der Waals surface area contributed by atoms with Crippen molar-refractivity contribution in [3.63, 3.8) is 0 Å². The molecule has 0 saturated carbocycles. The summed E-state index contributed by atoms with van der Waals surface area (Å²) < 4.78 is 24.8. The van der Waals surface area contributed by atoms with E-state index in [0.29, 0.717) is 23.9 Å². The number of hydrogen-bond acceptors (Lipinski definition) is 4. The fraction of sp³-hybridized carbons (Fsp3) is 0.238. The summed E-state index contributed by atoms with van der Waals surface area (Å²) >= 11 is 0. The molecule has 0 unspecified atom stereocenters. The fourth-order valence-electron chi connectivity index (χ4n) is 2.82. The summed E-state index contributed by atoms with van der Waals surface area (Å²) in [7, 11) is -1.42. The summed E-state index contributed by atoms with van der Waals surface area (Å²) in [5, 5.41) is 10.8. The van der Waals surface area contributed by atoms with Crippen molar-refractivity contribution in [1.82, 2.24) is 20.4 Å². The number of halogens is 1. The SMILES string of the molecule is CN=C(NCCc1ccc(S(C)(=O)=O)cc1)NCc1ccc(-n2cccn2)cc1.I. The predicted octanol–water partition coefficient (Wildman–Crippen LogP) is 2.80. The van der Waals surface area contributed by atoms with Gasteiger partial charge in [-0.25, -0.2) is 13.1 Å². The van der Waals surface area contributed by atoms with Gasteiger partial charge >= 0.3 is 0 Å². The van der Waals surface area contributed by atoms with E-state index in [1.54, 1.807) is 25.4 Å². The van der Waals surface area contributed by atoms with Crippen molar-refractivity contribution in [2.75, 3.05) is 19.8 Å². The molecule has 30 heavy (non-hydrogen) atoms. The van der Waals surface area contributed by atoms with Gasteiger partial charge in [-0.2, -0.15) is 5.10 Å². The number of nitrogens with zero attached hydrogens (tertiary/aromatic N) is 3. The molecular formula is C21H26IN5O2S. The molecule has 0 aliphatic heterocycles. The quantitative estimate of drug-likeness (QED) is 0.274. The normalized spacial score (nSPS) is 11.6. The summed E-state index contributed by atoms with van der Waals surface area (Å²) in [6.07, 6.45) is 5.65. The van der Waals surface area contributed by atoms with E-state index in [1.165, 1.54) is 6.26 Å². The first kappa shape index (κ1) is 23.9. The molecule has 0 aliphatic carbocycles. The van der Waals surface area contributed by atoms with Gasteiger partial charge < -0.3 is 10.6 Å². The zero-order chi connectivity index (χ0) is 20.7. The third-order valence-corrected chi connectivity index (χ3v) is 5.57. The second-order valence-electron chi connectivity index (χ2n) is 6.64. The Bertz CT molecular complexity index is 1050. The van der Waals surface area contributed by atoms with E-state index >= 15 is 0 Å². The van der Waals surface area contributed by atoms with Gasteiger partial charge in [0.25, 0.3) is 0 Å². The molecule has 2 N–H and O–H groups in total. The van der Waals surface area contributed by atoms with Gasteiger partial charge in [0.05, 0.1) is 10.6 Å². The largest absolute Gasteiger partial charge is 0.356 e. The zero-order valence-corrected chi connectivity index (χ0v) is 20.1. The molecule has 9 heteroatoms. The van der Waals surface area contributed by atoms with Crippen LogP contribution in [0.1, 0.15) is 11.1 Å². The Hall–Kier alpha value is -2.40. The highest BCUT2D eigenvalue weighted by Crippen LogP contribution is 2.11. The van der Waals surface area contributed by atoms with E-state index in [9.17, 15) is 8.42 Å². The van der Waals surface area contributed by atoms with Crippen LogP contribution in [0.5, 0.6) is 0 Å². The lowest BCUT2D eigenvalue weighted by Crippen LogP contribution is -2.37. The van der Waals surface area contributed by atoms with Gasteiger partial charge in [0.2, 0.25) is 0 Å². The molecule has 3 rings (SSSR count). The summed E-state index contributed by atoms with van der Waals surface area (Å²) in [5.41, 5.74) is 3.22. The maximum atomic E-state index is 11.5. The number of benzene rings is 2. The number of sulfone groups is 1. The molecule has 0 spiro atoms. The van der Waals surface area contributed by atoms with Crippen molar-refractivity contribution in [3.05, 3.63) is 78.1 Å². The van der Waals surface area contributed by atoms with Crippen molar-refractivity contribution in [2.45, 2.75) is 17.9 Å². The van der Waals surface area contributed by atoms with Gasteiger partial charge in [0.1, 0.15) is 0 Å². The summed E-state index contributed by atoms with van der Waals surface area (Å²) in [5.74, 6) is 0.717. The molecule has 3 aromatic rings. The van der Waals surface area contributed by atoms with Gasteiger partial charge in [0, 0.05) is 38.8 Å². The molecule has 1 aromatic heterocycles. The highest BCUT2D eigenvalue weighted by atomic mass is 127. The van der Waals surface area contributed by atoms with Gasteiger partial charge in [-0.05, 0) is 47.9 Å². The first-order chi connectivity index (χ1) is 14.0. The maximum Gasteiger partial charge on any atom is 0.191 e. The Labute approximate surface area is 194 Å². The van der Waals surface area contributed by atoms with Crippen LogP contribution in [-0.4, -0.2) is 44.0 Å². The van der Waals surface area contributed by atoms with Crippen LogP contribution in [0, 0.1) is 0 Å². The minimum atomic E-state index is -3.16. The minimum absolute atomic E-state index is 0. The number of guanidine groups is 1. The lowest BCUT2D eigenvalue weighted by Gasteiger charge is -2.12. The van der Waals surface area contributed by atoms with Crippen LogP contribution in [0.15, 0.2) is 76.9 Å². The lowest BCUT2D eigenvalue weighted by atomic mass is 10.1. The second kappa shape index (κ2) is 11.1. The molecule has 0 bridgehead atoms. The molecule has 0 amide bonds. The Kier molecular flexibility index (Phi) is 8.85. The Balaban J connectivity index is 0.00000320. The summed E-state index contributed by atoms with van der Waals surface area (Å²) in [4.78, 5) is 4.58. The first-order valence-corrected chi connectivity index (χ1v) is 11.2. The Morgan fingerprint density at radius 3 is 2.27 bits per heavy atom. The number of rotatable bonds is 7. The van der Waals surface area contributed by atoms with Crippen molar-refractivity contribution in [1.29, 1.82) is 0 Å². The molecule has 0 aliphatic rings. The molecule has 0 radical (unpaired) electrons. The number of hydrogen-bond donors (Lipinski definition) is 2. The maximum absolute atomic E-state index is 11.5. The Morgan fingerprint density at radius 2 is 1.70 bits per heavy atom. The van der Waals surface area contributed by atoms with Crippen LogP contribution in [0.3, 0.4) is 0 Å². The van der Waals surface area contributed by atoms with Crippen molar-refractivity contribution in [2.24, 2.45) is 4.99 Å². The van der Waals surface area contributed by atoms with Crippen molar-refractivity contribution in [3.8, 4) is 5.69 Å². The van der Waals surface area contributed by atoms with Gasteiger partial charge in [-0.3, -0.25) is 4.99 Å². The highest BCUT2D eigenvalue weighted by molar-refractivity contribution is 14.0. The summed E-state index contributed by atoms with van der Waals surface area (Å²) in [6.45, 7) is 1.35. The van der Waals surface area contributed by atoms with Crippen LogP contribution in [0.4, 0.5) is 0 Å². The van der Waals surface area contributed by atoms with Crippen LogP contribution in [0.2, 0.25) is 0 Å². The fourth-order valence-corrected chi connectivity index (χ4v) is 3.45. The van der Waals surface area contributed by atoms with Crippen molar-refractivity contribution < 1.29 is 8.42 Å². The second-order valence-corrected chi connectivity index (χ2v) is 8.65. The van der Waals surface area contributed by atoms with E-state index in [0.717, 1.165) is 23.2 Å². The molecule has 2 aromatic carbocycles. The van der Waals surface area contributed by atoms with Gasteiger partial charge in [-0.1, -0.05) is 24.3 Å². The molecule has 0 saturated heterocycles. The highest BCUT2D eigenvalue weighted by Gasteiger charge is 2.06. The first-order valence-electron chi connectivity index (χ1n) is 9.28. The standard InChI is InChI=1S/C21H25N5O2S.HI/c1-22-21(23-14-12-17-6-10-20(11-7-17)29(2,27)28)24-16-18-4-8-19(9-5-18)26-15-3-13-25-26;/h3-11,13,15H,12,14,16H2,1-2H3,(H2,22,23,24);1H. The molecule has 160 valence electrons. The van der Waals surface area contributed by atoms with E-state index in [4.69, 9.17) is 0 Å². The van der Waals surface area contributed by atoms with E-state index in [-0.39, 0.29) is 24.0 Å². The van der Waals surface area contributed by atoms with Gasteiger partial charge in [0.15, 0.2) is 15.8 Å². The van der Waals surface area contributed by atoms with Crippen LogP contribution < -0.4 is 10.6 Å². The molecule has 1 heterocycles. The third kappa shape index (κ3) is 6.84. The minimum Gasteiger partial charge on any atom is -0.356 e. The monoisotopic (exact) mass is 539 g/mol. The van der Waals surface area contributed by atoms with Crippen LogP contribution in [-0.2, 0) is 22.8 Å². The Morgan fingerprint density at radius 1 is 1.03 bits per heavy atom. The van der Waals surface area contributed by atoms with Crippen molar-refractivity contribution >= 4 is 39.8 Å². The smallest absolute Gasteiger partial charge is 0.191 e. The lowest BCUT2D eigenvalue weighted by molar-refractivity contribution is 0.602. The van der Waals surface area contributed by atoms with E-state index in [2.05, 4.69) is 32.9 Å². The third-order valence-electron chi connectivity index (χ3n) is 4.45. The molecule has 0 fully saturated rings. The van der Waals surface area contributed by atoms with Crippen LogP contribution >= 0.6 is 24.0 Å². The van der Waals surface area contributed by atoms with Crippen LogP contribution in [0.25, 0.3) is 5.69 Å². The zero-order valence-electron chi connectivity index (χ0n) is 16.9. The summed E-state index contributed by atoms with van der Waals surface area (Å²) in [6, 6.07) is 17.0. The molecule has 7 nitrogen and oxygen atoms in total. The molecular weight excluding hydrogens is 513 g/mol. The van der Waals surface area contributed by atoms with E-state index < -0.39 is 9.84 Å². The number of aliphatic imine (C=N–C) groups is 1. The number of nitrogens with one attached hydrogen (secondary N) is 2.